The molecule has 0 aliphatic carbocycles. The largest absolute Gasteiger partial charge is 0.381 e. The van der Waals surface area contributed by atoms with Crippen LogP contribution in [0.15, 0.2) is 0 Å². The van der Waals surface area contributed by atoms with E-state index < -0.39 is 0 Å². The van der Waals surface area contributed by atoms with Gasteiger partial charge in [0.05, 0.1) is 12.5 Å². The monoisotopic (exact) mass is 240 g/mol. The maximum absolute atomic E-state index is 12.1. The topological polar surface area (TPSA) is 50.4 Å². The maximum Gasteiger partial charge on any atom is 0.225 e. The average Bonchev–Trinajstić information content (AvgIpc) is 2.34. The van der Waals surface area contributed by atoms with Crippen molar-refractivity contribution in [3.63, 3.8) is 0 Å². The molecule has 2 aliphatic heterocycles. The van der Waals surface area contributed by atoms with Gasteiger partial charge < -0.3 is 15.4 Å². The first-order chi connectivity index (χ1) is 8.16. The van der Waals surface area contributed by atoms with Crippen LogP contribution in [0.1, 0.15) is 39.5 Å². The lowest BCUT2D eigenvalue weighted by atomic mass is 9.94. The summed E-state index contributed by atoms with van der Waals surface area (Å²) in [5.41, 5.74) is 0. The lowest BCUT2D eigenvalue weighted by molar-refractivity contribution is -0.130. The summed E-state index contributed by atoms with van der Waals surface area (Å²) in [7, 11) is 0. The Balaban J connectivity index is 1.81. The molecule has 2 fully saturated rings. The molecule has 1 amide bonds. The van der Waals surface area contributed by atoms with Crippen molar-refractivity contribution in [3.8, 4) is 0 Å². The molecule has 0 radical (unpaired) electrons. The number of carbonyl (C=O) groups excluding carboxylic acids is 1. The number of amides is 1. The summed E-state index contributed by atoms with van der Waals surface area (Å²) >= 11 is 0. The highest BCUT2D eigenvalue weighted by Gasteiger charge is 2.29. The predicted molar refractivity (Wildman–Crippen MR) is 66.8 cm³/mol. The van der Waals surface area contributed by atoms with Crippen LogP contribution in [0.5, 0.6) is 0 Å². The highest BCUT2D eigenvalue weighted by molar-refractivity contribution is 5.79. The van der Waals surface area contributed by atoms with Crippen molar-refractivity contribution in [2.45, 2.75) is 57.7 Å². The average molecular weight is 240 g/mol. The highest BCUT2D eigenvalue weighted by atomic mass is 16.5. The second-order valence-electron chi connectivity index (χ2n) is 5.46. The summed E-state index contributed by atoms with van der Waals surface area (Å²) in [6.45, 7) is 5.75. The third-order valence-electron chi connectivity index (χ3n) is 3.92. The summed E-state index contributed by atoms with van der Waals surface area (Å²) in [4.78, 5) is 12.1. The molecule has 4 unspecified atom stereocenters. The molecular formula is C13H24N2O2. The second-order valence-corrected chi connectivity index (χ2v) is 5.46. The number of ether oxygens (including phenoxy) is 1. The van der Waals surface area contributed by atoms with Gasteiger partial charge in [-0.15, -0.1) is 0 Å². The molecule has 4 nitrogen and oxygen atoms in total. The van der Waals surface area contributed by atoms with Crippen LogP contribution in [-0.4, -0.2) is 37.2 Å². The van der Waals surface area contributed by atoms with Crippen LogP contribution in [0, 0.1) is 5.92 Å². The van der Waals surface area contributed by atoms with Crippen molar-refractivity contribution in [3.05, 3.63) is 0 Å². The Labute approximate surface area is 103 Å². The standard InChI is InChI=1S/C13H24N2O2/c1-9-5-6-12(10(2)14-9)15-13(16)11-4-3-7-17-8-11/h9-12,14H,3-8H2,1-2H3,(H,15,16). The quantitative estimate of drug-likeness (QED) is 0.759. The predicted octanol–water partition coefficient (Wildman–Crippen LogP) is 1.06. The Morgan fingerprint density at radius 1 is 1.29 bits per heavy atom. The molecule has 0 aromatic rings. The molecule has 4 atom stereocenters. The molecular weight excluding hydrogens is 216 g/mol. The molecule has 0 spiro atoms. The van der Waals surface area contributed by atoms with Crippen LogP contribution in [0.25, 0.3) is 0 Å². The van der Waals surface area contributed by atoms with Crippen LogP contribution in [0.2, 0.25) is 0 Å². The summed E-state index contributed by atoms with van der Waals surface area (Å²) in [5, 5.41) is 6.67. The van der Waals surface area contributed by atoms with Gasteiger partial charge in [0, 0.05) is 24.7 Å². The fourth-order valence-electron chi connectivity index (χ4n) is 2.77. The first kappa shape index (κ1) is 12.8. The van der Waals surface area contributed by atoms with Crippen molar-refractivity contribution >= 4 is 5.91 Å². The molecule has 2 aliphatic rings. The van der Waals surface area contributed by atoms with Crippen LogP contribution in [0.4, 0.5) is 0 Å². The number of hydrogen-bond acceptors (Lipinski definition) is 3. The van der Waals surface area contributed by atoms with Gasteiger partial charge >= 0.3 is 0 Å². The van der Waals surface area contributed by atoms with E-state index in [1.807, 2.05) is 0 Å². The Hall–Kier alpha value is -0.610. The van der Waals surface area contributed by atoms with Crippen molar-refractivity contribution < 1.29 is 9.53 Å². The van der Waals surface area contributed by atoms with Gasteiger partial charge in [-0.3, -0.25) is 4.79 Å². The van der Waals surface area contributed by atoms with Crippen molar-refractivity contribution in [1.82, 2.24) is 10.6 Å². The Morgan fingerprint density at radius 2 is 2.12 bits per heavy atom. The summed E-state index contributed by atoms with van der Waals surface area (Å²) in [6.07, 6.45) is 4.19. The van der Waals surface area contributed by atoms with Gasteiger partial charge in [-0.1, -0.05) is 0 Å². The molecule has 2 rings (SSSR count). The smallest absolute Gasteiger partial charge is 0.225 e. The van der Waals surface area contributed by atoms with Crippen LogP contribution >= 0.6 is 0 Å². The van der Waals surface area contributed by atoms with Crippen LogP contribution in [-0.2, 0) is 9.53 Å². The lowest BCUT2D eigenvalue weighted by Crippen LogP contribution is -2.56. The minimum atomic E-state index is 0.0651. The minimum Gasteiger partial charge on any atom is -0.381 e. The van der Waals surface area contributed by atoms with Crippen molar-refractivity contribution in [2.75, 3.05) is 13.2 Å². The van der Waals surface area contributed by atoms with Gasteiger partial charge in [0.1, 0.15) is 0 Å². The Morgan fingerprint density at radius 3 is 2.76 bits per heavy atom. The SMILES string of the molecule is CC1CCC(NC(=O)C2CCCOC2)C(C)N1. The van der Waals surface area contributed by atoms with E-state index in [4.69, 9.17) is 4.74 Å². The number of hydrogen-bond donors (Lipinski definition) is 2. The Kier molecular flexibility index (Phi) is 4.40. The van der Waals surface area contributed by atoms with Gasteiger partial charge in [-0.2, -0.15) is 0 Å². The number of nitrogens with one attached hydrogen (secondary N) is 2. The van der Waals surface area contributed by atoms with Gasteiger partial charge in [0.25, 0.3) is 0 Å². The summed E-state index contributed by atoms with van der Waals surface area (Å²) in [6, 6.07) is 1.21. The molecule has 0 aromatic heterocycles. The van der Waals surface area contributed by atoms with E-state index in [0.29, 0.717) is 18.7 Å². The third-order valence-corrected chi connectivity index (χ3v) is 3.92. The van der Waals surface area contributed by atoms with E-state index in [1.54, 1.807) is 0 Å². The van der Waals surface area contributed by atoms with E-state index >= 15 is 0 Å². The molecule has 0 bridgehead atoms. The number of carbonyl (C=O) groups is 1. The normalized spacial score (nSPS) is 38.7. The molecule has 0 saturated carbocycles. The zero-order valence-corrected chi connectivity index (χ0v) is 10.9. The van der Waals surface area contributed by atoms with E-state index in [2.05, 4.69) is 24.5 Å². The van der Waals surface area contributed by atoms with Crippen LogP contribution in [0.3, 0.4) is 0 Å². The number of piperidine rings is 1. The van der Waals surface area contributed by atoms with E-state index in [-0.39, 0.29) is 17.9 Å². The van der Waals surface area contributed by atoms with E-state index in [1.165, 1.54) is 0 Å². The Bertz CT molecular complexity index is 264. The third kappa shape index (κ3) is 3.42. The summed E-state index contributed by atoms with van der Waals surface area (Å²) < 4.78 is 5.36. The molecule has 2 saturated heterocycles. The summed E-state index contributed by atoms with van der Waals surface area (Å²) in [5.74, 6) is 0.244. The highest BCUT2D eigenvalue weighted by Crippen LogP contribution is 2.17. The van der Waals surface area contributed by atoms with Gasteiger partial charge in [0.15, 0.2) is 0 Å². The molecule has 4 heteroatoms. The van der Waals surface area contributed by atoms with E-state index in [0.717, 1.165) is 32.3 Å². The fraction of sp³-hybridized carbons (Fsp3) is 0.923. The molecule has 98 valence electrons. The van der Waals surface area contributed by atoms with E-state index in [9.17, 15) is 4.79 Å². The van der Waals surface area contributed by atoms with Crippen LogP contribution < -0.4 is 10.6 Å². The molecule has 2 N–H and O–H groups in total. The fourth-order valence-corrected chi connectivity index (χ4v) is 2.77. The minimum absolute atomic E-state index is 0.0651. The zero-order valence-electron chi connectivity index (χ0n) is 10.9. The van der Waals surface area contributed by atoms with Gasteiger partial charge in [0.2, 0.25) is 5.91 Å². The number of rotatable bonds is 2. The van der Waals surface area contributed by atoms with Crippen molar-refractivity contribution in [2.24, 2.45) is 5.92 Å². The first-order valence-corrected chi connectivity index (χ1v) is 6.81. The molecule has 17 heavy (non-hydrogen) atoms. The zero-order chi connectivity index (χ0) is 12.3. The lowest BCUT2D eigenvalue weighted by Gasteiger charge is -2.35. The van der Waals surface area contributed by atoms with Gasteiger partial charge in [-0.25, -0.2) is 0 Å². The second kappa shape index (κ2) is 5.83. The molecule has 2 heterocycles. The first-order valence-electron chi connectivity index (χ1n) is 6.81. The molecule has 0 aromatic carbocycles. The van der Waals surface area contributed by atoms with Gasteiger partial charge in [-0.05, 0) is 39.5 Å². The van der Waals surface area contributed by atoms with Crippen molar-refractivity contribution in [1.29, 1.82) is 0 Å². The maximum atomic E-state index is 12.1.